The molecule has 0 aliphatic heterocycles. The minimum Gasteiger partial charge on any atom is -0.478 e. The minimum atomic E-state index is -1.07. The van der Waals surface area contributed by atoms with Crippen LogP contribution in [-0.2, 0) is 4.74 Å². The maximum Gasteiger partial charge on any atom is 0.411 e. The minimum absolute atomic E-state index is 0.0867. The topological polar surface area (TPSA) is 75.6 Å². The molecule has 0 heterocycles. The number of carbonyl (C=O) groups excluding carboxylic acids is 1. The lowest BCUT2D eigenvalue weighted by Gasteiger charge is -2.11. The fourth-order valence-electron chi connectivity index (χ4n) is 1.63. The molecule has 5 heteroatoms. The highest BCUT2D eigenvalue weighted by atomic mass is 16.5. The van der Waals surface area contributed by atoms with Gasteiger partial charge in [0.05, 0.1) is 17.9 Å². The zero-order chi connectivity index (χ0) is 13.0. The van der Waals surface area contributed by atoms with Crippen LogP contribution in [0.5, 0.6) is 0 Å². The predicted octanol–water partition coefficient (Wildman–Crippen LogP) is 2.57. The number of aromatic carboxylic acids is 1. The third-order valence-corrected chi connectivity index (χ3v) is 2.21. The van der Waals surface area contributed by atoms with Crippen molar-refractivity contribution in [2.45, 2.75) is 20.8 Å². The number of carboxylic acid groups (broad SMARTS) is 1. The van der Waals surface area contributed by atoms with E-state index in [1.165, 1.54) is 0 Å². The largest absolute Gasteiger partial charge is 0.478 e. The number of aryl methyl sites for hydroxylation is 2. The number of amides is 1. The van der Waals surface area contributed by atoms with Gasteiger partial charge in [0.15, 0.2) is 0 Å². The van der Waals surface area contributed by atoms with Crippen molar-refractivity contribution < 1.29 is 19.4 Å². The van der Waals surface area contributed by atoms with Gasteiger partial charge in [0, 0.05) is 0 Å². The van der Waals surface area contributed by atoms with E-state index in [0.717, 1.165) is 5.56 Å². The number of benzene rings is 1. The highest BCUT2D eigenvalue weighted by Gasteiger charge is 2.16. The van der Waals surface area contributed by atoms with E-state index >= 15 is 0 Å². The van der Waals surface area contributed by atoms with Gasteiger partial charge in [-0.3, -0.25) is 5.32 Å². The Morgan fingerprint density at radius 2 is 2.00 bits per heavy atom. The Kier molecular flexibility index (Phi) is 4.09. The van der Waals surface area contributed by atoms with Gasteiger partial charge in [-0.2, -0.15) is 0 Å². The summed E-state index contributed by atoms with van der Waals surface area (Å²) in [6.07, 6.45) is -0.653. The average molecular weight is 237 g/mol. The molecule has 0 saturated carbocycles. The zero-order valence-corrected chi connectivity index (χ0v) is 10.0. The standard InChI is InChI=1S/C12H15NO4/c1-4-17-12(16)13-9-6-7(2)5-8(3)10(9)11(14)15/h5-6H,4H2,1-3H3,(H,13,16)(H,14,15). The van der Waals surface area contributed by atoms with Gasteiger partial charge in [-0.05, 0) is 38.0 Å². The molecule has 2 N–H and O–H groups in total. The van der Waals surface area contributed by atoms with Gasteiger partial charge in [-0.15, -0.1) is 0 Å². The van der Waals surface area contributed by atoms with Crippen molar-refractivity contribution >= 4 is 17.7 Å². The number of hydrogen-bond donors (Lipinski definition) is 2. The third-order valence-electron chi connectivity index (χ3n) is 2.21. The number of rotatable bonds is 3. The summed E-state index contributed by atoms with van der Waals surface area (Å²) in [6.45, 7) is 5.43. The number of ether oxygens (including phenoxy) is 1. The molecule has 0 atom stereocenters. The summed E-state index contributed by atoms with van der Waals surface area (Å²) in [6, 6.07) is 3.35. The molecule has 1 aromatic carbocycles. The van der Waals surface area contributed by atoms with Gasteiger partial charge in [0.1, 0.15) is 0 Å². The van der Waals surface area contributed by atoms with Gasteiger partial charge in [0.25, 0.3) is 0 Å². The van der Waals surface area contributed by atoms with Crippen LogP contribution in [0.4, 0.5) is 10.5 Å². The summed E-state index contributed by atoms with van der Waals surface area (Å²) < 4.78 is 4.72. The Morgan fingerprint density at radius 3 is 2.53 bits per heavy atom. The van der Waals surface area contributed by atoms with Crippen LogP contribution in [0.2, 0.25) is 0 Å². The van der Waals surface area contributed by atoms with E-state index in [0.29, 0.717) is 5.56 Å². The van der Waals surface area contributed by atoms with Crippen LogP contribution in [0, 0.1) is 13.8 Å². The Labute approximate surface area is 99.4 Å². The predicted molar refractivity (Wildman–Crippen MR) is 63.5 cm³/mol. The normalized spacial score (nSPS) is 9.82. The number of anilines is 1. The van der Waals surface area contributed by atoms with E-state index in [-0.39, 0.29) is 17.9 Å². The number of hydrogen-bond acceptors (Lipinski definition) is 3. The second-order valence-electron chi connectivity index (χ2n) is 3.66. The van der Waals surface area contributed by atoms with Crippen LogP contribution >= 0.6 is 0 Å². The van der Waals surface area contributed by atoms with E-state index in [9.17, 15) is 9.59 Å². The lowest BCUT2D eigenvalue weighted by Crippen LogP contribution is -2.16. The molecule has 5 nitrogen and oxygen atoms in total. The molecule has 0 bridgehead atoms. The van der Waals surface area contributed by atoms with E-state index in [1.54, 1.807) is 26.0 Å². The highest BCUT2D eigenvalue weighted by Crippen LogP contribution is 2.22. The van der Waals surface area contributed by atoms with Crippen LogP contribution in [0.25, 0.3) is 0 Å². The van der Waals surface area contributed by atoms with E-state index in [2.05, 4.69) is 5.32 Å². The first-order valence-electron chi connectivity index (χ1n) is 5.24. The molecule has 92 valence electrons. The molecule has 0 radical (unpaired) electrons. The Bertz CT molecular complexity index is 454. The molecule has 1 amide bonds. The molecule has 17 heavy (non-hydrogen) atoms. The summed E-state index contributed by atoms with van der Waals surface area (Å²) in [5.74, 6) is -1.07. The summed E-state index contributed by atoms with van der Waals surface area (Å²) >= 11 is 0. The molecule has 1 rings (SSSR count). The molecule has 0 aliphatic carbocycles. The van der Waals surface area contributed by atoms with Gasteiger partial charge >= 0.3 is 12.1 Å². The van der Waals surface area contributed by atoms with E-state index < -0.39 is 12.1 Å². The molecule has 0 saturated heterocycles. The van der Waals surface area contributed by atoms with Crippen molar-refractivity contribution in [3.05, 3.63) is 28.8 Å². The van der Waals surface area contributed by atoms with Crippen LogP contribution in [-0.4, -0.2) is 23.8 Å². The zero-order valence-electron chi connectivity index (χ0n) is 10.0. The third kappa shape index (κ3) is 3.21. The molecule has 0 unspecified atom stereocenters. The SMILES string of the molecule is CCOC(=O)Nc1cc(C)cc(C)c1C(=O)O. The fraction of sp³-hybridized carbons (Fsp3) is 0.333. The van der Waals surface area contributed by atoms with Crippen molar-refractivity contribution in [3.63, 3.8) is 0 Å². The van der Waals surface area contributed by atoms with Gasteiger partial charge < -0.3 is 9.84 Å². The van der Waals surface area contributed by atoms with E-state index in [1.807, 2.05) is 6.92 Å². The van der Waals surface area contributed by atoms with Gasteiger partial charge in [0.2, 0.25) is 0 Å². The summed E-state index contributed by atoms with van der Waals surface area (Å²) in [4.78, 5) is 22.4. The lowest BCUT2D eigenvalue weighted by atomic mass is 10.0. The van der Waals surface area contributed by atoms with Crippen LogP contribution in [0.3, 0.4) is 0 Å². The smallest absolute Gasteiger partial charge is 0.411 e. The fourth-order valence-corrected chi connectivity index (χ4v) is 1.63. The summed E-state index contributed by atoms with van der Waals surface area (Å²) in [5.41, 5.74) is 1.82. The first-order valence-corrected chi connectivity index (χ1v) is 5.24. The molecular formula is C12H15NO4. The molecule has 1 aromatic rings. The maximum absolute atomic E-state index is 11.3. The number of nitrogens with one attached hydrogen (secondary N) is 1. The Hall–Kier alpha value is -2.04. The van der Waals surface area contributed by atoms with Crippen molar-refractivity contribution in [2.75, 3.05) is 11.9 Å². The van der Waals surface area contributed by atoms with E-state index in [4.69, 9.17) is 9.84 Å². The monoisotopic (exact) mass is 237 g/mol. The average Bonchev–Trinajstić information content (AvgIpc) is 2.15. The number of carboxylic acids is 1. The Balaban J connectivity index is 3.12. The second kappa shape index (κ2) is 5.34. The first kappa shape index (κ1) is 13.0. The summed E-state index contributed by atoms with van der Waals surface area (Å²) in [7, 11) is 0. The van der Waals surface area contributed by atoms with Crippen molar-refractivity contribution in [1.82, 2.24) is 0 Å². The van der Waals surface area contributed by atoms with Crippen molar-refractivity contribution in [2.24, 2.45) is 0 Å². The van der Waals surface area contributed by atoms with Crippen LogP contribution in [0.15, 0.2) is 12.1 Å². The maximum atomic E-state index is 11.3. The van der Waals surface area contributed by atoms with Crippen LogP contribution in [0.1, 0.15) is 28.4 Å². The van der Waals surface area contributed by atoms with Crippen molar-refractivity contribution in [3.8, 4) is 0 Å². The first-order chi connectivity index (χ1) is 7.95. The van der Waals surface area contributed by atoms with Crippen molar-refractivity contribution in [1.29, 1.82) is 0 Å². The molecule has 0 spiro atoms. The molecular weight excluding hydrogens is 222 g/mol. The summed E-state index contributed by atoms with van der Waals surface area (Å²) in [5, 5.41) is 11.5. The quantitative estimate of drug-likeness (QED) is 0.847. The highest BCUT2D eigenvalue weighted by molar-refractivity contribution is 6.00. The molecule has 0 fully saturated rings. The van der Waals surface area contributed by atoms with Crippen LogP contribution < -0.4 is 5.32 Å². The number of carbonyl (C=O) groups is 2. The van der Waals surface area contributed by atoms with Gasteiger partial charge in [-0.1, -0.05) is 6.07 Å². The Morgan fingerprint density at radius 1 is 1.35 bits per heavy atom. The van der Waals surface area contributed by atoms with Gasteiger partial charge in [-0.25, -0.2) is 9.59 Å². The lowest BCUT2D eigenvalue weighted by molar-refractivity contribution is 0.0697. The molecule has 0 aromatic heterocycles. The molecule has 0 aliphatic rings. The second-order valence-corrected chi connectivity index (χ2v) is 3.66.